The summed E-state index contributed by atoms with van der Waals surface area (Å²) in [6, 6.07) is 3.53. The van der Waals surface area contributed by atoms with Crippen molar-refractivity contribution < 1.29 is 9.90 Å². The first-order chi connectivity index (χ1) is 8.04. The lowest BCUT2D eigenvalue weighted by Crippen LogP contribution is -2.24. The van der Waals surface area contributed by atoms with Crippen LogP contribution in [0.2, 0.25) is 0 Å². The molecule has 0 spiro atoms. The highest BCUT2D eigenvalue weighted by molar-refractivity contribution is 5.88. The first-order valence-electron chi connectivity index (χ1n) is 5.71. The molecule has 0 aliphatic carbocycles. The summed E-state index contributed by atoms with van der Waals surface area (Å²) in [5, 5.41) is 12.3. The quantitative estimate of drug-likeness (QED) is 0.824. The van der Waals surface area contributed by atoms with Gasteiger partial charge in [0.15, 0.2) is 0 Å². The zero-order valence-corrected chi connectivity index (χ0v) is 10.1. The lowest BCUT2D eigenvalue weighted by Gasteiger charge is -2.14. The fourth-order valence-electron chi connectivity index (χ4n) is 2.13. The van der Waals surface area contributed by atoms with Crippen molar-refractivity contribution in [2.75, 3.05) is 25.5 Å². The molecule has 0 radical (unpaired) electrons. The number of carbonyl (C=O) groups is 1. The second-order valence-electron chi connectivity index (χ2n) is 4.58. The van der Waals surface area contributed by atoms with Gasteiger partial charge in [-0.15, -0.1) is 0 Å². The van der Waals surface area contributed by atoms with Gasteiger partial charge in [-0.2, -0.15) is 0 Å². The molecule has 1 aliphatic heterocycles. The molecule has 92 valence electrons. The lowest BCUT2D eigenvalue weighted by molar-refractivity contribution is 0.0696. The molecule has 1 aromatic rings. The van der Waals surface area contributed by atoms with Crippen LogP contribution in [0.15, 0.2) is 12.1 Å². The lowest BCUT2D eigenvalue weighted by atomic mass is 10.2. The number of aromatic carboxylic acids is 1. The molecule has 1 fully saturated rings. The zero-order valence-electron chi connectivity index (χ0n) is 10.1. The number of pyridine rings is 1. The Hall–Kier alpha value is -1.62. The Labute approximate surface area is 100 Å². The van der Waals surface area contributed by atoms with Crippen LogP contribution in [0.4, 0.5) is 5.82 Å². The molecule has 0 aromatic carbocycles. The number of aromatic nitrogens is 1. The van der Waals surface area contributed by atoms with E-state index in [1.807, 2.05) is 0 Å². The van der Waals surface area contributed by atoms with Crippen molar-refractivity contribution >= 4 is 11.8 Å². The predicted octanol–water partition coefficient (Wildman–Crippen LogP) is 1.20. The molecule has 1 aliphatic rings. The topological polar surface area (TPSA) is 65.5 Å². The Bertz CT molecular complexity index is 434. The van der Waals surface area contributed by atoms with Gasteiger partial charge in [-0.25, -0.2) is 9.78 Å². The smallest absolute Gasteiger partial charge is 0.335 e. The number of nitrogens with one attached hydrogen (secondary N) is 1. The number of likely N-dealkylation sites (N-methyl/N-ethyl adjacent to an activating group) is 1. The van der Waals surface area contributed by atoms with Crippen LogP contribution in [0.3, 0.4) is 0 Å². The minimum atomic E-state index is -0.915. The summed E-state index contributed by atoms with van der Waals surface area (Å²) in [4.78, 5) is 17.5. The van der Waals surface area contributed by atoms with Crippen LogP contribution in [0.1, 0.15) is 22.5 Å². The molecular weight excluding hydrogens is 218 g/mol. The van der Waals surface area contributed by atoms with Gasteiger partial charge in [-0.3, -0.25) is 0 Å². The predicted molar refractivity (Wildman–Crippen MR) is 65.5 cm³/mol. The molecule has 2 heterocycles. The number of hydrogen-bond donors (Lipinski definition) is 2. The van der Waals surface area contributed by atoms with Crippen LogP contribution in [0.25, 0.3) is 0 Å². The summed E-state index contributed by atoms with van der Waals surface area (Å²) < 4.78 is 0. The Morgan fingerprint density at radius 2 is 2.35 bits per heavy atom. The molecule has 1 atom stereocenters. The molecule has 17 heavy (non-hydrogen) atoms. The number of aryl methyl sites for hydroxylation is 1. The molecule has 2 N–H and O–H groups in total. The molecule has 1 unspecified atom stereocenters. The van der Waals surface area contributed by atoms with Crippen LogP contribution >= 0.6 is 0 Å². The molecule has 5 heteroatoms. The fraction of sp³-hybridized carbons (Fsp3) is 0.500. The summed E-state index contributed by atoms with van der Waals surface area (Å²) in [5.74, 6) is -0.259. The fourth-order valence-corrected chi connectivity index (χ4v) is 2.13. The molecule has 5 nitrogen and oxygen atoms in total. The van der Waals surface area contributed by atoms with Crippen molar-refractivity contribution in [3.63, 3.8) is 0 Å². The first-order valence-corrected chi connectivity index (χ1v) is 5.71. The highest BCUT2D eigenvalue weighted by Gasteiger charge is 2.19. The third kappa shape index (κ3) is 2.94. The first kappa shape index (κ1) is 11.9. The summed E-state index contributed by atoms with van der Waals surface area (Å²) in [6.07, 6.45) is 1.06. The molecule has 0 amide bonds. The average Bonchev–Trinajstić information content (AvgIpc) is 2.63. The average molecular weight is 235 g/mol. The number of carboxylic acid groups (broad SMARTS) is 1. The van der Waals surface area contributed by atoms with Gasteiger partial charge in [0.1, 0.15) is 5.82 Å². The Kier molecular flexibility index (Phi) is 3.28. The molecule has 2 rings (SSSR count). The van der Waals surface area contributed by atoms with E-state index >= 15 is 0 Å². The molecular formula is C12H17N3O2. The Morgan fingerprint density at radius 1 is 1.59 bits per heavy atom. The summed E-state index contributed by atoms with van der Waals surface area (Å²) in [7, 11) is 2.08. The maximum atomic E-state index is 10.9. The van der Waals surface area contributed by atoms with Gasteiger partial charge >= 0.3 is 5.97 Å². The van der Waals surface area contributed by atoms with Crippen LogP contribution in [0, 0.1) is 6.92 Å². The van der Waals surface area contributed by atoms with Gasteiger partial charge < -0.3 is 15.3 Å². The molecule has 0 saturated carbocycles. The largest absolute Gasteiger partial charge is 0.478 e. The molecule has 1 saturated heterocycles. The van der Waals surface area contributed by atoms with Gasteiger partial charge in [0.05, 0.1) is 5.56 Å². The van der Waals surface area contributed by atoms with Gasteiger partial charge in [-0.1, -0.05) is 0 Å². The third-order valence-corrected chi connectivity index (χ3v) is 2.94. The Morgan fingerprint density at radius 3 is 2.94 bits per heavy atom. The summed E-state index contributed by atoms with van der Waals surface area (Å²) >= 11 is 0. The van der Waals surface area contributed by atoms with Gasteiger partial charge in [0, 0.05) is 18.3 Å². The number of nitrogens with zero attached hydrogens (tertiary/aromatic N) is 2. The highest BCUT2D eigenvalue weighted by Crippen LogP contribution is 2.15. The van der Waals surface area contributed by atoms with E-state index in [1.54, 1.807) is 19.1 Å². The summed E-state index contributed by atoms with van der Waals surface area (Å²) in [6.45, 7) is 3.84. The van der Waals surface area contributed by atoms with E-state index in [4.69, 9.17) is 5.11 Å². The number of likely N-dealkylation sites (tertiary alicyclic amines) is 1. The SMILES string of the molecule is Cc1cc(C(=O)O)cc(NC2CCN(C)C2)n1. The van der Waals surface area contributed by atoms with E-state index in [1.165, 1.54) is 0 Å². The second-order valence-corrected chi connectivity index (χ2v) is 4.58. The van der Waals surface area contributed by atoms with E-state index in [2.05, 4.69) is 22.2 Å². The Balaban J connectivity index is 2.12. The normalized spacial score (nSPS) is 20.5. The van der Waals surface area contributed by atoms with Gasteiger partial charge in [0.25, 0.3) is 0 Å². The van der Waals surface area contributed by atoms with Crippen molar-refractivity contribution in [1.29, 1.82) is 0 Å². The monoisotopic (exact) mass is 235 g/mol. The van der Waals surface area contributed by atoms with Crippen molar-refractivity contribution in [3.8, 4) is 0 Å². The van der Waals surface area contributed by atoms with E-state index < -0.39 is 5.97 Å². The third-order valence-electron chi connectivity index (χ3n) is 2.94. The number of rotatable bonds is 3. The van der Waals surface area contributed by atoms with Crippen molar-refractivity contribution in [2.24, 2.45) is 0 Å². The van der Waals surface area contributed by atoms with Crippen molar-refractivity contribution in [1.82, 2.24) is 9.88 Å². The van der Waals surface area contributed by atoms with E-state index in [9.17, 15) is 4.79 Å². The van der Waals surface area contributed by atoms with Crippen LogP contribution in [0.5, 0.6) is 0 Å². The standard InChI is InChI=1S/C12H17N3O2/c1-8-5-9(12(16)17)6-11(13-8)14-10-3-4-15(2)7-10/h5-6,10H,3-4,7H2,1-2H3,(H,13,14)(H,16,17). The molecule has 0 bridgehead atoms. The van der Waals surface area contributed by atoms with Gasteiger partial charge in [0.2, 0.25) is 0 Å². The van der Waals surface area contributed by atoms with E-state index in [-0.39, 0.29) is 5.56 Å². The summed E-state index contributed by atoms with van der Waals surface area (Å²) in [5.41, 5.74) is 1.00. The zero-order chi connectivity index (χ0) is 12.4. The number of anilines is 1. The number of carboxylic acids is 1. The minimum Gasteiger partial charge on any atom is -0.478 e. The van der Waals surface area contributed by atoms with Crippen molar-refractivity contribution in [2.45, 2.75) is 19.4 Å². The van der Waals surface area contributed by atoms with Crippen LogP contribution < -0.4 is 5.32 Å². The minimum absolute atomic E-state index is 0.284. The second kappa shape index (κ2) is 4.71. The molecule has 1 aromatic heterocycles. The van der Waals surface area contributed by atoms with E-state index in [0.717, 1.165) is 25.2 Å². The van der Waals surface area contributed by atoms with Crippen LogP contribution in [-0.4, -0.2) is 47.1 Å². The highest BCUT2D eigenvalue weighted by atomic mass is 16.4. The van der Waals surface area contributed by atoms with Gasteiger partial charge in [-0.05, 0) is 39.1 Å². The van der Waals surface area contributed by atoms with Crippen molar-refractivity contribution in [3.05, 3.63) is 23.4 Å². The number of hydrogen-bond acceptors (Lipinski definition) is 4. The van der Waals surface area contributed by atoms with E-state index in [0.29, 0.717) is 11.9 Å². The maximum Gasteiger partial charge on any atom is 0.335 e. The van der Waals surface area contributed by atoms with Crippen LogP contribution in [-0.2, 0) is 0 Å². The maximum absolute atomic E-state index is 10.9.